The van der Waals surface area contributed by atoms with Gasteiger partial charge in [0, 0.05) is 18.5 Å². The van der Waals surface area contributed by atoms with E-state index < -0.39 is 22.0 Å². The fourth-order valence-electron chi connectivity index (χ4n) is 3.06. The highest BCUT2D eigenvalue weighted by Crippen LogP contribution is 2.39. The monoisotopic (exact) mass is 344 g/mol. The lowest BCUT2D eigenvalue weighted by Gasteiger charge is -2.22. The largest absolute Gasteiger partial charge is 0.489 e. The van der Waals surface area contributed by atoms with E-state index in [4.69, 9.17) is 22.1 Å². The van der Waals surface area contributed by atoms with Crippen molar-refractivity contribution in [2.24, 2.45) is 5.73 Å². The molecule has 0 radical (unpaired) electrons. The van der Waals surface area contributed by atoms with Crippen molar-refractivity contribution in [2.45, 2.75) is 43.2 Å². The van der Waals surface area contributed by atoms with E-state index in [0.717, 1.165) is 5.56 Å². The lowest BCUT2D eigenvalue weighted by atomic mass is 10.1. The summed E-state index contributed by atoms with van der Waals surface area (Å²) in [5.74, 6) is -0.0775. The molecule has 0 aromatic heterocycles. The molecule has 22 heavy (non-hydrogen) atoms. The van der Waals surface area contributed by atoms with Gasteiger partial charge < -0.3 is 10.5 Å². The minimum Gasteiger partial charge on any atom is -0.489 e. The molecule has 1 fully saturated rings. The van der Waals surface area contributed by atoms with Gasteiger partial charge in [0.1, 0.15) is 17.9 Å². The molecule has 1 aromatic carbocycles. The first-order chi connectivity index (χ1) is 10.3. The number of hydrogen-bond acceptors (Lipinski definition) is 4. The number of halogens is 1. The summed E-state index contributed by atoms with van der Waals surface area (Å²) in [5, 5.41) is 0.273. The predicted molar refractivity (Wildman–Crippen MR) is 81.4 cm³/mol. The second-order valence-corrected chi connectivity index (χ2v) is 8.00. The van der Waals surface area contributed by atoms with Crippen LogP contribution >= 0.6 is 11.6 Å². The topological polar surface area (TPSA) is 89.7 Å². The second kappa shape index (κ2) is 5.40. The number of nitrogens with two attached hydrogens (primary N) is 1. The number of ether oxygens (including phenoxy) is 1. The van der Waals surface area contributed by atoms with Crippen LogP contribution in [0.2, 0.25) is 5.02 Å². The van der Waals surface area contributed by atoms with Crippen molar-refractivity contribution in [1.29, 1.82) is 0 Å². The van der Waals surface area contributed by atoms with Crippen molar-refractivity contribution in [3.8, 4) is 5.75 Å². The van der Waals surface area contributed by atoms with Crippen molar-refractivity contribution in [1.82, 2.24) is 4.31 Å². The molecule has 0 aliphatic carbocycles. The van der Waals surface area contributed by atoms with Gasteiger partial charge in [0.15, 0.2) is 0 Å². The minimum atomic E-state index is -3.80. The van der Waals surface area contributed by atoms with Crippen LogP contribution in [-0.2, 0) is 21.2 Å². The molecule has 2 unspecified atom stereocenters. The van der Waals surface area contributed by atoms with Crippen LogP contribution < -0.4 is 10.5 Å². The third kappa shape index (κ3) is 2.47. The van der Waals surface area contributed by atoms with E-state index in [1.807, 2.05) is 6.92 Å². The Bertz CT molecular complexity index is 735. The Kier molecular flexibility index (Phi) is 3.82. The van der Waals surface area contributed by atoms with Gasteiger partial charge in [-0.1, -0.05) is 11.6 Å². The summed E-state index contributed by atoms with van der Waals surface area (Å²) in [5.41, 5.74) is 6.08. The van der Waals surface area contributed by atoms with Crippen LogP contribution in [0.25, 0.3) is 0 Å². The van der Waals surface area contributed by atoms with Gasteiger partial charge >= 0.3 is 0 Å². The summed E-state index contributed by atoms with van der Waals surface area (Å²) < 4.78 is 32.4. The van der Waals surface area contributed by atoms with Crippen molar-refractivity contribution in [3.63, 3.8) is 0 Å². The molecule has 8 heteroatoms. The van der Waals surface area contributed by atoms with E-state index in [0.29, 0.717) is 25.0 Å². The van der Waals surface area contributed by atoms with Crippen LogP contribution in [0.5, 0.6) is 5.75 Å². The van der Waals surface area contributed by atoms with E-state index in [1.165, 1.54) is 10.4 Å². The van der Waals surface area contributed by atoms with Crippen molar-refractivity contribution < 1.29 is 17.9 Å². The van der Waals surface area contributed by atoms with Crippen LogP contribution in [0.3, 0.4) is 0 Å². The van der Waals surface area contributed by atoms with Crippen LogP contribution in [-0.4, -0.2) is 37.3 Å². The number of carbonyl (C=O) groups is 1. The standard InChI is InChI=1S/C14H17ClN2O4S/c1-8-5-9-6-10(7-11(15)13(9)21-8)22(19,20)17-4-2-3-12(17)14(16)18/h6-8,12H,2-5H2,1H3,(H2,16,18). The smallest absolute Gasteiger partial charge is 0.243 e. The Hall–Kier alpha value is -1.31. The summed E-state index contributed by atoms with van der Waals surface area (Å²) in [7, 11) is -3.80. The first-order valence-electron chi connectivity index (χ1n) is 7.11. The zero-order chi connectivity index (χ0) is 16.1. The van der Waals surface area contributed by atoms with Gasteiger partial charge in [-0.2, -0.15) is 4.31 Å². The maximum atomic E-state index is 12.8. The number of rotatable bonds is 3. The number of sulfonamides is 1. The Labute approximate surface area is 134 Å². The summed E-state index contributed by atoms with van der Waals surface area (Å²) >= 11 is 6.15. The maximum Gasteiger partial charge on any atom is 0.243 e. The average Bonchev–Trinajstić information content (AvgIpc) is 3.04. The Morgan fingerprint density at radius 1 is 1.45 bits per heavy atom. The number of hydrogen-bond donors (Lipinski definition) is 1. The number of primary amides is 1. The SMILES string of the molecule is CC1Cc2cc(S(=O)(=O)N3CCCC3C(N)=O)cc(Cl)c2O1. The first kappa shape index (κ1) is 15.6. The number of benzene rings is 1. The first-order valence-corrected chi connectivity index (χ1v) is 8.92. The fraction of sp³-hybridized carbons (Fsp3) is 0.500. The molecule has 1 aromatic rings. The minimum absolute atomic E-state index is 0.0318. The van der Waals surface area contributed by atoms with Gasteiger partial charge in [-0.25, -0.2) is 8.42 Å². The Morgan fingerprint density at radius 2 is 2.18 bits per heavy atom. The quantitative estimate of drug-likeness (QED) is 0.895. The van der Waals surface area contributed by atoms with E-state index in [-0.39, 0.29) is 22.6 Å². The number of nitrogens with zero attached hydrogens (tertiary/aromatic N) is 1. The lowest BCUT2D eigenvalue weighted by molar-refractivity contribution is -0.121. The van der Waals surface area contributed by atoms with Gasteiger partial charge in [-0.3, -0.25) is 4.79 Å². The van der Waals surface area contributed by atoms with Crippen LogP contribution in [0, 0.1) is 0 Å². The van der Waals surface area contributed by atoms with Crippen LogP contribution in [0.15, 0.2) is 17.0 Å². The number of carbonyl (C=O) groups excluding carboxylic acids is 1. The van der Waals surface area contributed by atoms with Crippen molar-refractivity contribution >= 4 is 27.5 Å². The molecule has 1 saturated heterocycles. The summed E-state index contributed by atoms with van der Waals surface area (Å²) in [6.45, 7) is 2.19. The number of amides is 1. The summed E-state index contributed by atoms with van der Waals surface area (Å²) in [6, 6.07) is 2.17. The highest BCUT2D eigenvalue weighted by Gasteiger charge is 2.39. The Morgan fingerprint density at radius 3 is 2.86 bits per heavy atom. The molecular weight excluding hydrogens is 328 g/mol. The zero-order valence-electron chi connectivity index (χ0n) is 12.1. The molecule has 2 N–H and O–H groups in total. The van der Waals surface area contributed by atoms with Crippen LogP contribution in [0.4, 0.5) is 0 Å². The molecule has 2 aliphatic rings. The van der Waals surface area contributed by atoms with E-state index >= 15 is 0 Å². The van der Waals surface area contributed by atoms with E-state index in [2.05, 4.69) is 0 Å². The van der Waals surface area contributed by atoms with Crippen molar-refractivity contribution in [2.75, 3.05) is 6.54 Å². The molecule has 2 aliphatic heterocycles. The predicted octanol–water partition coefficient (Wildman–Crippen LogP) is 1.30. The number of fused-ring (bicyclic) bond motifs is 1. The van der Waals surface area contributed by atoms with Gasteiger partial charge in [-0.05, 0) is 31.9 Å². The molecule has 6 nitrogen and oxygen atoms in total. The zero-order valence-corrected chi connectivity index (χ0v) is 13.7. The maximum absolute atomic E-state index is 12.8. The fourth-order valence-corrected chi connectivity index (χ4v) is 5.15. The second-order valence-electron chi connectivity index (χ2n) is 5.70. The molecule has 0 saturated carbocycles. The van der Waals surface area contributed by atoms with E-state index in [9.17, 15) is 13.2 Å². The molecule has 3 rings (SSSR count). The Balaban J connectivity index is 2.02. The highest BCUT2D eigenvalue weighted by atomic mass is 35.5. The molecule has 120 valence electrons. The summed E-state index contributed by atoms with van der Waals surface area (Å²) in [4.78, 5) is 11.5. The third-order valence-corrected chi connectivity index (χ3v) is 6.23. The molecule has 2 heterocycles. The molecule has 1 amide bonds. The van der Waals surface area contributed by atoms with Gasteiger partial charge in [-0.15, -0.1) is 0 Å². The molecule has 0 bridgehead atoms. The van der Waals surface area contributed by atoms with Crippen molar-refractivity contribution in [3.05, 3.63) is 22.7 Å². The van der Waals surface area contributed by atoms with Gasteiger partial charge in [0.25, 0.3) is 0 Å². The lowest BCUT2D eigenvalue weighted by Crippen LogP contribution is -2.43. The molecular formula is C14H17ClN2O4S. The average molecular weight is 345 g/mol. The normalized spacial score (nSPS) is 25.0. The highest BCUT2D eigenvalue weighted by molar-refractivity contribution is 7.89. The van der Waals surface area contributed by atoms with E-state index in [1.54, 1.807) is 6.07 Å². The van der Waals surface area contributed by atoms with Gasteiger partial charge in [0.2, 0.25) is 15.9 Å². The summed E-state index contributed by atoms with van der Waals surface area (Å²) in [6.07, 6.45) is 1.65. The van der Waals surface area contributed by atoms with Crippen LogP contribution in [0.1, 0.15) is 25.3 Å². The molecule has 2 atom stereocenters. The molecule has 0 spiro atoms. The van der Waals surface area contributed by atoms with Gasteiger partial charge in [0.05, 0.1) is 9.92 Å². The third-order valence-electron chi connectivity index (χ3n) is 4.06.